The van der Waals surface area contributed by atoms with Crippen molar-refractivity contribution in [2.45, 2.75) is 49.8 Å². The Morgan fingerprint density at radius 3 is 2.42 bits per heavy atom. The second-order valence-electron chi connectivity index (χ2n) is 7.54. The minimum atomic E-state index is -3.34. The molecular formula is C16H32N4O5S. The molecule has 3 rings (SSSR count). The molecule has 10 heteroatoms. The molecule has 3 aliphatic rings. The summed E-state index contributed by atoms with van der Waals surface area (Å²) in [7, 11) is -3.34. The van der Waals surface area contributed by atoms with Crippen molar-refractivity contribution < 1.29 is 23.4 Å². The molecule has 26 heavy (non-hydrogen) atoms. The van der Waals surface area contributed by atoms with Crippen molar-refractivity contribution in [3.8, 4) is 0 Å². The number of rotatable bonds is 6. The summed E-state index contributed by atoms with van der Waals surface area (Å²) in [5.74, 6) is 0. The third kappa shape index (κ3) is 4.93. The van der Waals surface area contributed by atoms with E-state index in [1.54, 1.807) is 0 Å². The number of sulfonamides is 1. The number of hydrogen-bond donors (Lipinski definition) is 4. The number of piperazine rings is 1. The van der Waals surface area contributed by atoms with Crippen molar-refractivity contribution >= 4 is 10.0 Å². The lowest BCUT2D eigenvalue weighted by Gasteiger charge is -2.44. The molecule has 0 radical (unpaired) electrons. The Hall–Kier alpha value is -0.330. The van der Waals surface area contributed by atoms with E-state index >= 15 is 0 Å². The van der Waals surface area contributed by atoms with Gasteiger partial charge < -0.3 is 20.3 Å². The summed E-state index contributed by atoms with van der Waals surface area (Å²) in [5.41, 5.74) is 0. The predicted molar refractivity (Wildman–Crippen MR) is 97.2 cm³/mol. The fourth-order valence-corrected chi connectivity index (χ4v) is 4.79. The van der Waals surface area contributed by atoms with Gasteiger partial charge in [0.05, 0.1) is 31.2 Å². The molecule has 0 aliphatic carbocycles. The fourth-order valence-electron chi connectivity index (χ4n) is 4.32. The van der Waals surface area contributed by atoms with Gasteiger partial charge in [0, 0.05) is 32.7 Å². The normalized spacial score (nSPS) is 37.9. The Balaban J connectivity index is 1.59. The highest BCUT2D eigenvalue weighted by molar-refractivity contribution is 7.88. The molecule has 0 aromatic carbocycles. The van der Waals surface area contributed by atoms with Crippen LogP contribution < -0.4 is 10.0 Å². The molecule has 3 saturated heterocycles. The van der Waals surface area contributed by atoms with Crippen LogP contribution in [-0.4, -0.2) is 111 Å². The second kappa shape index (κ2) is 8.78. The molecule has 4 N–H and O–H groups in total. The molecule has 1 unspecified atom stereocenters. The van der Waals surface area contributed by atoms with E-state index in [9.17, 15) is 18.6 Å². The van der Waals surface area contributed by atoms with Crippen LogP contribution in [0.25, 0.3) is 0 Å². The molecule has 152 valence electrons. The highest BCUT2D eigenvalue weighted by Gasteiger charge is 2.47. The van der Waals surface area contributed by atoms with Gasteiger partial charge in [0.15, 0.2) is 0 Å². The number of nitrogens with one attached hydrogen (secondary N) is 2. The average molecular weight is 393 g/mol. The number of hydrogen-bond acceptors (Lipinski definition) is 8. The smallest absolute Gasteiger partial charge is 0.208 e. The molecule has 9 nitrogen and oxygen atoms in total. The van der Waals surface area contributed by atoms with Gasteiger partial charge in [-0.1, -0.05) is 0 Å². The molecular weight excluding hydrogens is 360 g/mol. The number of aliphatic hydroxyl groups excluding tert-OH is 2. The van der Waals surface area contributed by atoms with Gasteiger partial charge in [-0.3, -0.25) is 9.80 Å². The standard InChI is InChI=1S/C16H32N4O5S/c1-26(23,24)18-10-12-15(16(22)13(11-21)25-12)20-8-6-19(7-9-20)14-4-2-3-5-17-14/h12-18,21-22H,2-11H2,1H3/t12-,13-,14?,15-,16+/m0/s1. The van der Waals surface area contributed by atoms with Crippen molar-refractivity contribution in [2.24, 2.45) is 0 Å². The highest BCUT2D eigenvalue weighted by atomic mass is 32.2. The van der Waals surface area contributed by atoms with Gasteiger partial charge >= 0.3 is 0 Å². The molecule has 0 bridgehead atoms. The first-order valence-corrected chi connectivity index (χ1v) is 11.4. The second-order valence-corrected chi connectivity index (χ2v) is 9.37. The van der Waals surface area contributed by atoms with Crippen molar-refractivity contribution in [3.63, 3.8) is 0 Å². The third-order valence-electron chi connectivity index (χ3n) is 5.68. The van der Waals surface area contributed by atoms with Crippen LogP contribution in [0, 0.1) is 0 Å². The monoisotopic (exact) mass is 392 g/mol. The number of aliphatic hydroxyl groups is 2. The van der Waals surface area contributed by atoms with Crippen LogP contribution in [-0.2, 0) is 14.8 Å². The van der Waals surface area contributed by atoms with Gasteiger partial charge in [0.1, 0.15) is 12.2 Å². The molecule has 0 spiro atoms. The first-order valence-electron chi connectivity index (χ1n) is 9.49. The van der Waals surface area contributed by atoms with Gasteiger partial charge in [-0.05, 0) is 25.8 Å². The molecule has 3 aliphatic heterocycles. The zero-order valence-corrected chi connectivity index (χ0v) is 16.2. The summed E-state index contributed by atoms with van der Waals surface area (Å²) in [6, 6.07) is -0.317. The van der Waals surface area contributed by atoms with Crippen molar-refractivity contribution in [2.75, 3.05) is 52.1 Å². The minimum Gasteiger partial charge on any atom is -0.394 e. The minimum absolute atomic E-state index is 0.0987. The summed E-state index contributed by atoms with van der Waals surface area (Å²) < 4.78 is 31.0. The lowest BCUT2D eigenvalue weighted by molar-refractivity contribution is -0.0201. The maximum Gasteiger partial charge on any atom is 0.208 e. The topological polar surface area (TPSA) is 114 Å². The quantitative estimate of drug-likeness (QED) is 0.401. The zero-order valence-electron chi connectivity index (χ0n) is 15.4. The van der Waals surface area contributed by atoms with E-state index < -0.39 is 28.3 Å². The Labute approximate surface area is 155 Å². The first-order chi connectivity index (χ1) is 12.4. The van der Waals surface area contributed by atoms with E-state index in [1.807, 2.05) is 0 Å². The van der Waals surface area contributed by atoms with E-state index in [1.165, 1.54) is 19.3 Å². The molecule has 5 atom stereocenters. The van der Waals surface area contributed by atoms with Gasteiger partial charge in [-0.25, -0.2) is 13.1 Å². The van der Waals surface area contributed by atoms with Gasteiger partial charge in [0.25, 0.3) is 0 Å². The summed E-state index contributed by atoms with van der Waals surface area (Å²) >= 11 is 0. The molecule has 0 aromatic rings. The summed E-state index contributed by atoms with van der Waals surface area (Å²) in [6.45, 7) is 4.26. The van der Waals surface area contributed by atoms with E-state index in [4.69, 9.17) is 4.74 Å². The summed E-state index contributed by atoms with van der Waals surface area (Å²) in [4.78, 5) is 4.62. The molecule has 0 aromatic heterocycles. The Morgan fingerprint density at radius 2 is 1.85 bits per heavy atom. The number of nitrogens with zero attached hydrogens (tertiary/aromatic N) is 2. The molecule has 0 amide bonds. The van der Waals surface area contributed by atoms with Crippen LogP contribution in [0.5, 0.6) is 0 Å². The van der Waals surface area contributed by atoms with Crippen molar-refractivity contribution in [1.82, 2.24) is 19.8 Å². The number of piperidine rings is 1. The largest absolute Gasteiger partial charge is 0.394 e. The average Bonchev–Trinajstić information content (AvgIpc) is 2.96. The predicted octanol–water partition coefficient (Wildman–Crippen LogP) is -2.26. The lowest BCUT2D eigenvalue weighted by atomic mass is 10.0. The lowest BCUT2D eigenvalue weighted by Crippen LogP contribution is -2.61. The highest BCUT2D eigenvalue weighted by Crippen LogP contribution is 2.27. The van der Waals surface area contributed by atoms with Gasteiger partial charge in [-0.15, -0.1) is 0 Å². The van der Waals surface area contributed by atoms with E-state index in [0.717, 1.165) is 39.0 Å². The third-order valence-corrected chi connectivity index (χ3v) is 6.37. The van der Waals surface area contributed by atoms with Crippen LogP contribution in [0.4, 0.5) is 0 Å². The van der Waals surface area contributed by atoms with Crippen LogP contribution in [0.2, 0.25) is 0 Å². The van der Waals surface area contributed by atoms with Crippen LogP contribution >= 0.6 is 0 Å². The number of ether oxygens (including phenoxy) is 1. The first kappa shape index (κ1) is 20.4. The fraction of sp³-hybridized carbons (Fsp3) is 1.00. The van der Waals surface area contributed by atoms with E-state index in [-0.39, 0.29) is 19.2 Å². The van der Waals surface area contributed by atoms with Crippen molar-refractivity contribution in [3.05, 3.63) is 0 Å². The molecule has 0 saturated carbocycles. The Kier molecular flexibility index (Phi) is 6.89. The van der Waals surface area contributed by atoms with E-state index in [2.05, 4.69) is 19.8 Å². The van der Waals surface area contributed by atoms with Gasteiger partial charge in [0.2, 0.25) is 10.0 Å². The Bertz CT molecular complexity index is 549. The van der Waals surface area contributed by atoms with Crippen molar-refractivity contribution in [1.29, 1.82) is 0 Å². The molecule has 3 fully saturated rings. The van der Waals surface area contributed by atoms with Crippen LogP contribution in [0.15, 0.2) is 0 Å². The van der Waals surface area contributed by atoms with E-state index in [0.29, 0.717) is 6.17 Å². The maximum absolute atomic E-state index is 11.4. The summed E-state index contributed by atoms with van der Waals surface area (Å²) in [5, 5.41) is 23.6. The Morgan fingerprint density at radius 1 is 1.15 bits per heavy atom. The molecule has 3 heterocycles. The van der Waals surface area contributed by atoms with Crippen LogP contribution in [0.1, 0.15) is 19.3 Å². The zero-order chi connectivity index (χ0) is 18.7. The summed E-state index contributed by atoms with van der Waals surface area (Å²) in [6.07, 6.45) is 3.22. The maximum atomic E-state index is 11.4. The SMILES string of the molecule is CS(=O)(=O)NC[C@@H]1O[C@@H](CO)[C@@H](O)[C@H]1N1CCN(C2CCCCN2)CC1. The van der Waals surface area contributed by atoms with Gasteiger partial charge in [-0.2, -0.15) is 0 Å². The van der Waals surface area contributed by atoms with Crippen LogP contribution in [0.3, 0.4) is 0 Å².